The van der Waals surface area contributed by atoms with Crippen LogP contribution in [0.25, 0.3) is 11.0 Å². The van der Waals surface area contributed by atoms with Gasteiger partial charge in [-0.1, -0.05) is 0 Å². The summed E-state index contributed by atoms with van der Waals surface area (Å²) in [4.78, 5) is 19.4. The number of imidazole rings is 1. The molecule has 0 spiro atoms. The number of H-pyrrole nitrogens is 1. The summed E-state index contributed by atoms with van der Waals surface area (Å²) in [6.07, 6.45) is 5.26. The Morgan fingerprint density at radius 3 is 3.05 bits per heavy atom. The lowest BCUT2D eigenvalue weighted by molar-refractivity contribution is 0.0940. The van der Waals surface area contributed by atoms with Gasteiger partial charge in [0.25, 0.3) is 5.91 Å². The van der Waals surface area contributed by atoms with Gasteiger partial charge in [0.1, 0.15) is 0 Å². The lowest BCUT2D eigenvalue weighted by atomic mass is 10.1. The van der Waals surface area contributed by atoms with Crippen LogP contribution in [0.5, 0.6) is 0 Å². The lowest BCUT2D eigenvalue weighted by Crippen LogP contribution is -2.26. The maximum atomic E-state index is 12.2. The second kappa shape index (κ2) is 4.80. The highest BCUT2D eigenvalue weighted by atomic mass is 16.1. The Morgan fingerprint density at radius 2 is 2.30 bits per heavy atom. The molecule has 0 aliphatic carbocycles. The molecule has 2 N–H and O–H groups in total. The molecule has 20 heavy (non-hydrogen) atoms. The summed E-state index contributed by atoms with van der Waals surface area (Å²) in [5.41, 5.74) is 3.29. The number of aryl methyl sites for hydroxylation is 1. The smallest absolute Gasteiger partial charge is 0.251 e. The molecule has 0 aliphatic rings. The molecule has 0 radical (unpaired) electrons. The van der Waals surface area contributed by atoms with E-state index >= 15 is 0 Å². The highest BCUT2D eigenvalue weighted by Gasteiger charge is 2.13. The van der Waals surface area contributed by atoms with Gasteiger partial charge in [-0.3, -0.25) is 9.48 Å². The van der Waals surface area contributed by atoms with Crippen molar-refractivity contribution in [3.8, 4) is 0 Å². The number of fused-ring (bicyclic) bond motifs is 1. The standard InChI is InChI=1S/C14H15N5O/c1-9(11-6-17-19(2)7-11)18-14(20)10-3-4-12-13(5-10)16-8-15-12/h3-9H,1-2H3,(H,15,16)(H,18,20). The Morgan fingerprint density at radius 1 is 1.45 bits per heavy atom. The second-order valence-corrected chi connectivity index (χ2v) is 4.78. The largest absolute Gasteiger partial charge is 0.345 e. The van der Waals surface area contributed by atoms with Crippen molar-refractivity contribution in [1.29, 1.82) is 0 Å². The SMILES string of the molecule is CC(NC(=O)c1ccc2nc[nH]c2c1)c1cnn(C)c1. The van der Waals surface area contributed by atoms with Crippen LogP contribution in [0.4, 0.5) is 0 Å². The third kappa shape index (κ3) is 2.27. The van der Waals surface area contributed by atoms with Gasteiger partial charge in [-0.25, -0.2) is 4.98 Å². The molecular formula is C14H15N5O. The Hall–Kier alpha value is -2.63. The van der Waals surface area contributed by atoms with E-state index in [1.165, 1.54) is 0 Å². The number of carbonyl (C=O) groups is 1. The molecular weight excluding hydrogens is 254 g/mol. The average Bonchev–Trinajstić information content (AvgIpc) is 3.05. The third-order valence-electron chi connectivity index (χ3n) is 3.25. The minimum absolute atomic E-state index is 0.0892. The van der Waals surface area contributed by atoms with Crippen LogP contribution >= 0.6 is 0 Å². The first kappa shape index (κ1) is 12.4. The number of amides is 1. The van der Waals surface area contributed by atoms with Crippen LogP contribution in [0.15, 0.2) is 36.9 Å². The van der Waals surface area contributed by atoms with Crippen molar-refractivity contribution in [2.24, 2.45) is 7.05 Å². The van der Waals surface area contributed by atoms with E-state index in [-0.39, 0.29) is 11.9 Å². The molecule has 2 aromatic heterocycles. The molecule has 0 saturated heterocycles. The highest BCUT2D eigenvalue weighted by Crippen LogP contribution is 2.14. The number of hydrogen-bond donors (Lipinski definition) is 2. The maximum Gasteiger partial charge on any atom is 0.251 e. The molecule has 0 bridgehead atoms. The molecule has 0 saturated carbocycles. The fourth-order valence-corrected chi connectivity index (χ4v) is 2.10. The molecule has 0 aliphatic heterocycles. The normalized spacial score (nSPS) is 12.5. The predicted molar refractivity (Wildman–Crippen MR) is 75.2 cm³/mol. The van der Waals surface area contributed by atoms with Crippen LogP contribution in [0.1, 0.15) is 28.9 Å². The van der Waals surface area contributed by atoms with Crippen molar-refractivity contribution >= 4 is 16.9 Å². The lowest BCUT2D eigenvalue weighted by Gasteiger charge is -2.12. The number of benzene rings is 1. The minimum Gasteiger partial charge on any atom is -0.345 e. The average molecular weight is 269 g/mol. The van der Waals surface area contributed by atoms with E-state index in [4.69, 9.17) is 0 Å². The van der Waals surface area contributed by atoms with Crippen LogP contribution < -0.4 is 5.32 Å². The molecule has 3 aromatic rings. The first-order chi connectivity index (χ1) is 9.63. The maximum absolute atomic E-state index is 12.2. The molecule has 6 nitrogen and oxygen atoms in total. The van der Waals surface area contributed by atoms with Gasteiger partial charge in [-0.15, -0.1) is 0 Å². The summed E-state index contributed by atoms with van der Waals surface area (Å²) in [6.45, 7) is 1.93. The Balaban J connectivity index is 1.78. The number of hydrogen-bond acceptors (Lipinski definition) is 3. The number of nitrogens with one attached hydrogen (secondary N) is 2. The van der Waals surface area contributed by atoms with Crippen LogP contribution in [-0.2, 0) is 7.05 Å². The molecule has 1 aromatic carbocycles. The van der Waals surface area contributed by atoms with E-state index in [1.54, 1.807) is 29.3 Å². The first-order valence-corrected chi connectivity index (χ1v) is 6.36. The van der Waals surface area contributed by atoms with Crippen molar-refractivity contribution in [2.45, 2.75) is 13.0 Å². The van der Waals surface area contributed by atoms with Crippen molar-refractivity contribution in [3.63, 3.8) is 0 Å². The summed E-state index contributed by atoms with van der Waals surface area (Å²) in [5.74, 6) is -0.113. The quantitative estimate of drug-likeness (QED) is 0.761. The number of aromatic amines is 1. The molecule has 1 amide bonds. The predicted octanol–water partition coefficient (Wildman–Crippen LogP) is 1.79. The Bertz CT molecular complexity index is 758. The summed E-state index contributed by atoms with van der Waals surface area (Å²) >= 11 is 0. The fraction of sp³-hybridized carbons (Fsp3) is 0.214. The van der Waals surface area contributed by atoms with E-state index in [1.807, 2.05) is 26.2 Å². The van der Waals surface area contributed by atoms with Crippen molar-refractivity contribution in [3.05, 3.63) is 48.0 Å². The van der Waals surface area contributed by atoms with Crippen LogP contribution in [-0.4, -0.2) is 25.7 Å². The van der Waals surface area contributed by atoms with E-state index in [2.05, 4.69) is 20.4 Å². The Labute approximate surface area is 115 Å². The van der Waals surface area contributed by atoms with Crippen LogP contribution in [0, 0.1) is 0 Å². The minimum atomic E-state index is -0.113. The molecule has 2 heterocycles. The van der Waals surface area contributed by atoms with Gasteiger partial charge in [0.2, 0.25) is 0 Å². The van der Waals surface area contributed by atoms with Gasteiger partial charge in [-0.05, 0) is 25.1 Å². The Kier molecular flexibility index (Phi) is 2.98. The number of rotatable bonds is 3. The summed E-state index contributed by atoms with van der Waals surface area (Å²) < 4.78 is 1.72. The molecule has 1 atom stereocenters. The van der Waals surface area contributed by atoms with Gasteiger partial charge in [-0.2, -0.15) is 5.10 Å². The highest BCUT2D eigenvalue weighted by molar-refractivity contribution is 5.97. The number of nitrogens with zero attached hydrogens (tertiary/aromatic N) is 3. The molecule has 102 valence electrons. The second-order valence-electron chi connectivity index (χ2n) is 4.78. The van der Waals surface area contributed by atoms with Gasteiger partial charge in [0.15, 0.2) is 0 Å². The zero-order valence-corrected chi connectivity index (χ0v) is 11.3. The van der Waals surface area contributed by atoms with Crippen molar-refractivity contribution in [1.82, 2.24) is 25.1 Å². The molecule has 1 unspecified atom stereocenters. The number of aromatic nitrogens is 4. The molecule has 0 fully saturated rings. The molecule has 3 rings (SSSR count). The zero-order valence-electron chi connectivity index (χ0n) is 11.3. The van der Waals surface area contributed by atoms with E-state index in [0.29, 0.717) is 5.56 Å². The number of carbonyl (C=O) groups excluding carboxylic acids is 1. The van der Waals surface area contributed by atoms with Crippen molar-refractivity contribution < 1.29 is 4.79 Å². The van der Waals surface area contributed by atoms with Gasteiger partial charge >= 0.3 is 0 Å². The third-order valence-corrected chi connectivity index (χ3v) is 3.25. The summed E-state index contributed by atoms with van der Waals surface area (Å²) in [5, 5.41) is 7.06. The zero-order chi connectivity index (χ0) is 14.1. The fourth-order valence-electron chi connectivity index (χ4n) is 2.10. The molecule has 6 heteroatoms. The van der Waals surface area contributed by atoms with E-state index in [9.17, 15) is 4.79 Å². The van der Waals surface area contributed by atoms with Crippen LogP contribution in [0.2, 0.25) is 0 Å². The van der Waals surface area contributed by atoms with E-state index in [0.717, 1.165) is 16.6 Å². The summed E-state index contributed by atoms with van der Waals surface area (Å²) in [6, 6.07) is 5.31. The van der Waals surface area contributed by atoms with Gasteiger partial charge < -0.3 is 10.3 Å². The van der Waals surface area contributed by atoms with Crippen molar-refractivity contribution in [2.75, 3.05) is 0 Å². The monoisotopic (exact) mass is 269 g/mol. The van der Waals surface area contributed by atoms with Gasteiger partial charge in [0.05, 0.1) is 29.6 Å². The van der Waals surface area contributed by atoms with Gasteiger partial charge in [0, 0.05) is 24.4 Å². The first-order valence-electron chi connectivity index (χ1n) is 6.36. The van der Waals surface area contributed by atoms with E-state index < -0.39 is 0 Å². The topological polar surface area (TPSA) is 75.6 Å². The summed E-state index contributed by atoms with van der Waals surface area (Å²) in [7, 11) is 1.85. The van der Waals surface area contributed by atoms with Crippen LogP contribution in [0.3, 0.4) is 0 Å².